The number of anilines is 1. The lowest BCUT2D eigenvalue weighted by molar-refractivity contribution is -0.115. The predicted molar refractivity (Wildman–Crippen MR) is 64.5 cm³/mol. The topological polar surface area (TPSA) is 74.2 Å². The van der Waals surface area contributed by atoms with Crippen LogP contribution in [-0.2, 0) is 9.53 Å². The second-order valence-corrected chi connectivity index (χ2v) is 3.52. The third-order valence-electron chi connectivity index (χ3n) is 2.14. The molecule has 1 rings (SSSR count). The highest BCUT2D eigenvalue weighted by Crippen LogP contribution is 2.14. The minimum atomic E-state index is -0.626. The Kier molecular flexibility index (Phi) is 5.77. The number of nitrogens with one attached hydrogen (secondary N) is 2. The van der Waals surface area contributed by atoms with Gasteiger partial charge in [-0.25, -0.2) is 4.39 Å². The highest BCUT2D eigenvalue weighted by atomic mass is 19.1. The van der Waals surface area contributed by atoms with Gasteiger partial charge in [-0.15, -0.1) is 0 Å². The molecule has 0 spiro atoms. The van der Waals surface area contributed by atoms with Gasteiger partial charge in [0.05, 0.1) is 30.5 Å². The molecule has 5 nitrogen and oxygen atoms in total. The van der Waals surface area contributed by atoms with E-state index in [4.69, 9.17) is 10.00 Å². The SMILES string of the molecule is COCCNCC(=O)Nc1ccc(C#N)cc1F. The number of hydrogen-bond acceptors (Lipinski definition) is 4. The van der Waals surface area contributed by atoms with E-state index in [9.17, 15) is 9.18 Å². The maximum atomic E-state index is 13.4. The summed E-state index contributed by atoms with van der Waals surface area (Å²) in [7, 11) is 1.56. The van der Waals surface area contributed by atoms with E-state index >= 15 is 0 Å². The summed E-state index contributed by atoms with van der Waals surface area (Å²) < 4.78 is 18.2. The van der Waals surface area contributed by atoms with E-state index in [0.29, 0.717) is 13.2 Å². The Morgan fingerprint density at radius 3 is 2.94 bits per heavy atom. The quantitative estimate of drug-likeness (QED) is 0.736. The number of amides is 1. The van der Waals surface area contributed by atoms with Gasteiger partial charge < -0.3 is 15.4 Å². The van der Waals surface area contributed by atoms with Crippen molar-refractivity contribution in [3.8, 4) is 6.07 Å². The van der Waals surface area contributed by atoms with Crippen molar-refractivity contribution in [1.29, 1.82) is 5.26 Å². The molecule has 0 saturated carbocycles. The number of halogens is 1. The number of nitriles is 1. The van der Waals surface area contributed by atoms with Crippen molar-refractivity contribution in [2.45, 2.75) is 0 Å². The number of methoxy groups -OCH3 is 1. The van der Waals surface area contributed by atoms with Gasteiger partial charge in [0, 0.05) is 13.7 Å². The number of hydrogen-bond donors (Lipinski definition) is 2. The summed E-state index contributed by atoms with van der Waals surface area (Å²) >= 11 is 0. The van der Waals surface area contributed by atoms with Crippen molar-refractivity contribution >= 4 is 11.6 Å². The minimum absolute atomic E-state index is 0.0625. The third kappa shape index (κ3) is 4.49. The van der Waals surface area contributed by atoms with E-state index in [2.05, 4.69) is 10.6 Å². The summed E-state index contributed by atoms with van der Waals surface area (Å²) in [5, 5.41) is 13.8. The molecule has 6 heteroatoms. The second kappa shape index (κ2) is 7.37. The molecule has 0 aliphatic rings. The maximum Gasteiger partial charge on any atom is 0.238 e. The zero-order valence-corrected chi connectivity index (χ0v) is 10.00. The van der Waals surface area contributed by atoms with Crippen LogP contribution in [0, 0.1) is 17.1 Å². The van der Waals surface area contributed by atoms with Crippen LogP contribution >= 0.6 is 0 Å². The zero-order valence-electron chi connectivity index (χ0n) is 10.00. The molecule has 96 valence electrons. The van der Waals surface area contributed by atoms with Gasteiger partial charge >= 0.3 is 0 Å². The normalized spacial score (nSPS) is 9.83. The second-order valence-electron chi connectivity index (χ2n) is 3.52. The van der Waals surface area contributed by atoms with Gasteiger partial charge in [0.1, 0.15) is 5.82 Å². The summed E-state index contributed by atoms with van der Waals surface area (Å²) in [6.45, 7) is 1.11. The molecular formula is C12H14FN3O2. The van der Waals surface area contributed by atoms with Crippen LogP contribution in [0.15, 0.2) is 18.2 Å². The number of rotatable bonds is 6. The van der Waals surface area contributed by atoms with Gasteiger partial charge in [-0.05, 0) is 18.2 Å². The predicted octanol–water partition coefficient (Wildman–Crippen LogP) is 0.872. The van der Waals surface area contributed by atoms with Crippen LogP contribution in [-0.4, -0.2) is 32.7 Å². The Bertz CT molecular complexity index is 457. The summed E-state index contributed by atoms with van der Waals surface area (Å²) in [4.78, 5) is 11.4. The monoisotopic (exact) mass is 251 g/mol. The first-order valence-electron chi connectivity index (χ1n) is 5.36. The van der Waals surface area contributed by atoms with Crippen molar-refractivity contribution in [1.82, 2.24) is 5.32 Å². The van der Waals surface area contributed by atoms with Gasteiger partial charge in [0.15, 0.2) is 0 Å². The van der Waals surface area contributed by atoms with E-state index < -0.39 is 5.82 Å². The van der Waals surface area contributed by atoms with E-state index in [0.717, 1.165) is 6.07 Å². The number of benzene rings is 1. The molecule has 0 saturated heterocycles. The molecule has 0 fully saturated rings. The smallest absolute Gasteiger partial charge is 0.238 e. The average Bonchev–Trinajstić information content (AvgIpc) is 2.37. The van der Waals surface area contributed by atoms with Crippen molar-refractivity contribution in [2.24, 2.45) is 0 Å². The third-order valence-corrected chi connectivity index (χ3v) is 2.14. The van der Waals surface area contributed by atoms with Crippen LogP contribution < -0.4 is 10.6 Å². The Morgan fingerprint density at radius 1 is 1.56 bits per heavy atom. The van der Waals surface area contributed by atoms with Crippen LogP contribution in [0.5, 0.6) is 0 Å². The van der Waals surface area contributed by atoms with Crippen molar-refractivity contribution in [3.63, 3.8) is 0 Å². The lowest BCUT2D eigenvalue weighted by atomic mass is 10.2. The van der Waals surface area contributed by atoms with Crippen LogP contribution in [0.1, 0.15) is 5.56 Å². The lowest BCUT2D eigenvalue weighted by Crippen LogP contribution is -2.30. The molecular weight excluding hydrogens is 237 g/mol. The molecule has 0 radical (unpaired) electrons. The lowest BCUT2D eigenvalue weighted by Gasteiger charge is -2.07. The molecule has 1 aromatic rings. The van der Waals surface area contributed by atoms with E-state index in [1.165, 1.54) is 12.1 Å². The van der Waals surface area contributed by atoms with Crippen molar-refractivity contribution < 1.29 is 13.9 Å². The van der Waals surface area contributed by atoms with Crippen molar-refractivity contribution in [2.75, 3.05) is 32.1 Å². The van der Waals surface area contributed by atoms with Crippen molar-refractivity contribution in [3.05, 3.63) is 29.6 Å². The standard InChI is InChI=1S/C12H14FN3O2/c1-18-5-4-15-8-12(17)16-11-3-2-9(7-14)6-10(11)13/h2-3,6,15H,4-5,8H2,1H3,(H,16,17). The molecule has 0 aliphatic carbocycles. The Labute approximate surface area is 105 Å². The van der Waals surface area contributed by atoms with Gasteiger partial charge in [-0.3, -0.25) is 4.79 Å². The van der Waals surface area contributed by atoms with E-state index in [1.54, 1.807) is 7.11 Å². The summed E-state index contributed by atoms with van der Waals surface area (Å²) in [6.07, 6.45) is 0. The Hall–Kier alpha value is -1.97. The summed E-state index contributed by atoms with van der Waals surface area (Å²) in [5.74, 6) is -0.978. The van der Waals surface area contributed by atoms with Crippen LogP contribution in [0.4, 0.5) is 10.1 Å². The average molecular weight is 251 g/mol. The van der Waals surface area contributed by atoms with Gasteiger partial charge in [0.2, 0.25) is 5.91 Å². The van der Waals surface area contributed by atoms with Gasteiger partial charge in [0.25, 0.3) is 0 Å². The highest BCUT2D eigenvalue weighted by Gasteiger charge is 2.07. The summed E-state index contributed by atoms with van der Waals surface area (Å²) in [6, 6.07) is 5.70. The molecule has 1 amide bonds. The fourth-order valence-electron chi connectivity index (χ4n) is 1.26. The fraction of sp³-hybridized carbons (Fsp3) is 0.333. The largest absolute Gasteiger partial charge is 0.383 e. The molecule has 0 unspecified atom stereocenters. The summed E-state index contributed by atoms with van der Waals surface area (Å²) in [5.41, 5.74) is 0.274. The van der Waals surface area contributed by atoms with Crippen LogP contribution in [0.2, 0.25) is 0 Å². The maximum absolute atomic E-state index is 13.4. The molecule has 1 aromatic carbocycles. The van der Waals surface area contributed by atoms with Gasteiger partial charge in [-0.1, -0.05) is 0 Å². The van der Waals surface area contributed by atoms with Crippen LogP contribution in [0.25, 0.3) is 0 Å². The van der Waals surface area contributed by atoms with E-state index in [1.807, 2.05) is 6.07 Å². The molecule has 0 atom stereocenters. The Morgan fingerprint density at radius 2 is 2.33 bits per heavy atom. The fourth-order valence-corrected chi connectivity index (χ4v) is 1.26. The van der Waals surface area contributed by atoms with Gasteiger partial charge in [-0.2, -0.15) is 5.26 Å². The molecule has 0 aromatic heterocycles. The molecule has 18 heavy (non-hydrogen) atoms. The number of carbonyl (C=O) groups excluding carboxylic acids is 1. The molecule has 0 heterocycles. The molecule has 0 bridgehead atoms. The van der Waals surface area contributed by atoms with Crippen LogP contribution in [0.3, 0.4) is 0 Å². The molecule has 0 aliphatic heterocycles. The molecule has 2 N–H and O–H groups in total. The van der Waals surface area contributed by atoms with E-state index in [-0.39, 0.29) is 23.7 Å². The first-order chi connectivity index (χ1) is 8.67. The Balaban J connectivity index is 2.47. The first-order valence-corrected chi connectivity index (χ1v) is 5.36. The first kappa shape index (κ1) is 14.1. The number of ether oxygens (including phenoxy) is 1. The zero-order chi connectivity index (χ0) is 13.4. The highest BCUT2D eigenvalue weighted by molar-refractivity contribution is 5.92. The number of nitrogens with zero attached hydrogens (tertiary/aromatic N) is 1. The number of carbonyl (C=O) groups is 1. The minimum Gasteiger partial charge on any atom is -0.383 e.